The van der Waals surface area contributed by atoms with Crippen molar-refractivity contribution in [1.29, 1.82) is 0 Å². The number of phenols is 1. The molecule has 23 heavy (non-hydrogen) atoms. The molecular weight excluding hydrogens is 296 g/mol. The van der Waals surface area contributed by atoms with E-state index in [-0.39, 0.29) is 41.6 Å². The van der Waals surface area contributed by atoms with Gasteiger partial charge in [0.2, 0.25) is 17.7 Å². The number of hydrogen-bond acceptors (Lipinski definition) is 4. The number of anilines is 1. The molecule has 0 spiro atoms. The monoisotopic (exact) mass is 314 g/mol. The van der Waals surface area contributed by atoms with Gasteiger partial charge in [0.15, 0.2) is 0 Å². The number of nitrogens with one attached hydrogen (secondary N) is 1. The maximum atomic E-state index is 12.5. The number of likely N-dealkylation sites (tertiary alicyclic amines) is 1. The Morgan fingerprint density at radius 1 is 1.13 bits per heavy atom. The quantitative estimate of drug-likeness (QED) is 0.651. The zero-order valence-corrected chi connectivity index (χ0v) is 12.6. The fourth-order valence-corrected chi connectivity index (χ4v) is 4.54. The predicted molar refractivity (Wildman–Crippen MR) is 81.3 cm³/mol. The Morgan fingerprint density at radius 3 is 2.35 bits per heavy atom. The van der Waals surface area contributed by atoms with Crippen molar-refractivity contribution in [3.05, 3.63) is 24.3 Å². The maximum absolute atomic E-state index is 12.5. The SMILES string of the molecule is O=C(CN1C(=O)[C@H]2[C@H]3CC[C@@H](C3)[C@@H]2C1=O)Nc1ccccc1O. The number of fused-ring (bicyclic) bond motifs is 5. The van der Waals surface area contributed by atoms with Gasteiger partial charge in [0.1, 0.15) is 12.3 Å². The number of aromatic hydroxyl groups is 1. The lowest BCUT2D eigenvalue weighted by Crippen LogP contribution is -2.39. The summed E-state index contributed by atoms with van der Waals surface area (Å²) in [6, 6.07) is 6.36. The number of phenolic OH excluding ortho intramolecular Hbond substituents is 1. The molecule has 120 valence electrons. The van der Waals surface area contributed by atoms with E-state index in [9.17, 15) is 19.5 Å². The number of nitrogens with zero attached hydrogens (tertiary/aromatic N) is 1. The molecule has 2 N–H and O–H groups in total. The lowest BCUT2D eigenvalue weighted by Gasteiger charge is -2.19. The third-order valence-electron chi connectivity index (χ3n) is 5.50. The minimum atomic E-state index is -0.472. The minimum Gasteiger partial charge on any atom is -0.506 e. The van der Waals surface area contributed by atoms with Gasteiger partial charge >= 0.3 is 0 Å². The van der Waals surface area contributed by atoms with E-state index in [2.05, 4.69) is 5.32 Å². The number of benzene rings is 1. The summed E-state index contributed by atoms with van der Waals surface area (Å²) in [6.07, 6.45) is 3.01. The third kappa shape index (κ3) is 2.12. The summed E-state index contributed by atoms with van der Waals surface area (Å²) in [4.78, 5) is 38.3. The zero-order chi connectivity index (χ0) is 16.1. The second-order valence-corrected chi connectivity index (χ2v) is 6.71. The zero-order valence-electron chi connectivity index (χ0n) is 12.6. The molecule has 3 amide bonds. The Morgan fingerprint density at radius 2 is 1.74 bits per heavy atom. The van der Waals surface area contributed by atoms with Crippen LogP contribution in [-0.2, 0) is 14.4 Å². The average Bonchev–Trinajstić information content (AvgIpc) is 3.19. The Balaban J connectivity index is 1.47. The van der Waals surface area contributed by atoms with Crippen LogP contribution in [0.3, 0.4) is 0 Å². The first-order valence-electron chi connectivity index (χ1n) is 7.99. The largest absolute Gasteiger partial charge is 0.506 e. The van der Waals surface area contributed by atoms with Gasteiger partial charge in [-0.3, -0.25) is 19.3 Å². The topological polar surface area (TPSA) is 86.7 Å². The van der Waals surface area contributed by atoms with Crippen molar-refractivity contribution < 1.29 is 19.5 Å². The highest BCUT2D eigenvalue weighted by Gasteiger charge is 2.60. The molecule has 1 aromatic rings. The number of amides is 3. The number of para-hydroxylation sites is 2. The van der Waals surface area contributed by atoms with Crippen molar-refractivity contribution in [2.24, 2.45) is 23.7 Å². The van der Waals surface area contributed by atoms with Crippen LogP contribution in [0.1, 0.15) is 19.3 Å². The van der Waals surface area contributed by atoms with E-state index in [4.69, 9.17) is 0 Å². The standard InChI is InChI=1S/C17H18N2O4/c20-12-4-2-1-3-11(12)18-13(21)8-19-16(22)14-9-5-6-10(7-9)15(14)17(19)23/h1-4,9-10,14-15,20H,5-8H2,(H,18,21)/t9-,10-,14-,15-/m0/s1. The van der Waals surface area contributed by atoms with Crippen LogP contribution >= 0.6 is 0 Å². The van der Waals surface area contributed by atoms with Gasteiger partial charge < -0.3 is 10.4 Å². The highest BCUT2D eigenvalue weighted by atomic mass is 16.3. The van der Waals surface area contributed by atoms with Gasteiger partial charge in [-0.1, -0.05) is 12.1 Å². The van der Waals surface area contributed by atoms with E-state index in [1.165, 1.54) is 6.07 Å². The highest BCUT2D eigenvalue weighted by molar-refractivity contribution is 6.09. The molecule has 2 aliphatic carbocycles. The molecule has 0 unspecified atom stereocenters. The van der Waals surface area contributed by atoms with E-state index >= 15 is 0 Å². The molecule has 1 heterocycles. The fourth-order valence-electron chi connectivity index (χ4n) is 4.54. The summed E-state index contributed by atoms with van der Waals surface area (Å²) in [6.45, 7) is -0.279. The van der Waals surface area contributed by atoms with Crippen molar-refractivity contribution in [1.82, 2.24) is 4.90 Å². The first-order chi connectivity index (χ1) is 11.1. The molecule has 4 rings (SSSR count). The number of hydrogen-bond donors (Lipinski definition) is 2. The molecule has 3 fully saturated rings. The van der Waals surface area contributed by atoms with E-state index in [0.29, 0.717) is 11.8 Å². The summed E-state index contributed by atoms with van der Waals surface area (Å²) < 4.78 is 0. The summed E-state index contributed by atoms with van der Waals surface area (Å²) in [5.41, 5.74) is 0.275. The van der Waals surface area contributed by atoms with Gasteiger partial charge in [-0.2, -0.15) is 0 Å². The molecule has 6 nitrogen and oxygen atoms in total. The Kier molecular flexibility index (Phi) is 3.14. The van der Waals surface area contributed by atoms with Crippen LogP contribution in [0.2, 0.25) is 0 Å². The van der Waals surface area contributed by atoms with Gasteiger partial charge in [0.05, 0.1) is 17.5 Å². The molecule has 4 atom stereocenters. The van der Waals surface area contributed by atoms with Crippen LogP contribution in [0.25, 0.3) is 0 Å². The molecule has 3 aliphatic rings. The van der Waals surface area contributed by atoms with Gasteiger partial charge in [0, 0.05) is 0 Å². The predicted octanol–water partition coefficient (Wildman–Crippen LogP) is 1.36. The van der Waals surface area contributed by atoms with Gasteiger partial charge in [-0.15, -0.1) is 0 Å². The molecular formula is C17H18N2O4. The van der Waals surface area contributed by atoms with Crippen molar-refractivity contribution in [2.45, 2.75) is 19.3 Å². The summed E-state index contributed by atoms with van der Waals surface area (Å²) in [5, 5.41) is 12.2. The second-order valence-electron chi connectivity index (χ2n) is 6.71. The molecule has 0 radical (unpaired) electrons. The summed E-state index contributed by atoms with van der Waals surface area (Å²) >= 11 is 0. The second kappa shape index (κ2) is 5.08. The lowest BCUT2D eigenvalue weighted by molar-refractivity contribution is -0.143. The number of carbonyl (C=O) groups excluding carboxylic acids is 3. The molecule has 1 aliphatic heterocycles. The molecule has 2 saturated carbocycles. The van der Waals surface area contributed by atoms with Gasteiger partial charge in [0.25, 0.3) is 0 Å². The molecule has 1 aromatic carbocycles. The number of carbonyl (C=O) groups is 3. The number of imide groups is 1. The van der Waals surface area contributed by atoms with E-state index < -0.39 is 5.91 Å². The molecule has 0 aromatic heterocycles. The van der Waals surface area contributed by atoms with E-state index in [1.807, 2.05) is 0 Å². The van der Waals surface area contributed by atoms with Crippen LogP contribution in [0.5, 0.6) is 5.75 Å². The van der Waals surface area contributed by atoms with Crippen LogP contribution in [-0.4, -0.2) is 34.3 Å². The van der Waals surface area contributed by atoms with Crippen LogP contribution in [0.15, 0.2) is 24.3 Å². The van der Waals surface area contributed by atoms with Crippen molar-refractivity contribution in [2.75, 3.05) is 11.9 Å². The van der Waals surface area contributed by atoms with Crippen LogP contribution < -0.4 is 5.32 Å². The maximum Gasteiger partial charge on any atom is 0.244 e. The number of rotatable bonds is 3. The molecule has 6 heteroatoms. The highest BCUT2D eigenvalue weighted by Crippen LogP contribution is 2.56. The minimum absolute atomic E-state index is 0.0464. The van der Waals surface area contributed by atoms with Crippen molar-refractivity contribution >= 4 is 23.4 Å². The average molecular weight is 314 g/mol. The normalized spacial score (nSPS) is 31.6. The summed E-state index contributed by atoms with van der Waals surface area (Å²) in [7, 11) is 0. The lowest BCUT2D eigenvalue weighted by atomic mass is 9.81. The van der Waals surface area contributed by atoms with Crippen molar-refractivity contribution in [3.8, 4) is 5.75 Å². The van der Waals surface area contributed by atoms with E-state index in [1.54, 1.807) is 18.2 Å². The fraction of sp³-hybridized carbons (Fsp3) is 0.471. The smallest absolute Gasteiger partial charge is 0.244 e. The Bertz CT molecular complexity index is 674. The van der Waals surface area contributed by atoms with Crippen molar-refractivity contribution in [3.63, 3.8) is 0 Å². The van der Waals surface area contributed by atoms with Gasteiger partial charge in [-0.05, 0) is 43.2 Å². The van der Waals surface area contributed by atoms with Crippen LogP contribution in [0, 0.1) is 23.7 Å². The Labute approximate surface area is 133 Å². The first-order valence-corrected chi connectivity index (χ1v) is 7.99. The van der Waals surface area contributed by atoms with E-state index in [0.717, 1.165) is 24.2 Å². The third-order valence-corrected chi connectivity index (χ3v) is 5.50. The molecule has 1 saturated heterocycles. The molecule has 2 bridgehead atoms. The first kappa shape index (κ1) is 14.2. The Hall–Kier alpha value is -2.37. The van der Waals surface area contributed by atoms with Gasteiger partial charge in [-0.25, -0.2) is 0 Å². The van der Waals surface area contributed by atoms with Crippen LogP contribution in [0.4, 0.5) is 5.69 Å². The summed E-state index contributed by atoms with van der Waals surface area (Å²) in [5.74, 6) is -0.701.